The Morgan fingerprint density at radius 2 is 2.00 bits per heavy atom. The predicted octanol–water partition coefficient (Wildman–Crippen LogP) is 0.718. The number of carbonyl (C=O) groups excluding carboxylic acids is 2. The number of aliphatic hydroxyl groups is 1. The molecule has 88 valence electrons. The molecule has 1 atom stereocenters. The zero-order valence-electron chi connectivity index (χ0n) is 9.11. The molecular weight excluding hydrogens is 218 g/mol. The molecule has 0 spiro atoms. The first-order valence-corrected chi connectivity index (χ1v) is 5.05. The standard InChI is InChI=1S/C9H17NO4S/c1-9(2,3)14-8(13)10-5-4-6(11)7(12)15/h6,11H,4-5H2,1-3H3,(H,10,13)(H,12,15)/t6-/m0/s1. The second kappa shape index (κ2) is 5.97. The molecule has 5 nitrogen and oxygen atoms in total. The van der Waals surface area contributed by atoms with Gasteiger partial charge in [0.25, 0.3) is 0 Å². The van der Waals surface area contributed by atoms with Crippen LogP contribution in [0.25, 0.3) is 0 Å². The molecule has 0 heterocycles. The number of alkyl carbamates (subject to hydrolysis) is 1. The fraction of sp³-hybridized carbons (Fsp3) is 0.778. The number of amides is 1. The summed E-state index contributed by atoms with van der Waals surface area (Å²) in [5.41, 5.74) is -0.554. The number of hydrogen-bond acceptors (Lipinski definition) is 4. The second-order valence-corrected chi connectivity index (χ2v) is 4.51. The summed E-state index contributed by atoms with van der Waals surface area (Å²) in [7, 11) is 0. The molecule has 15 heavy (non-hydrogen) atoms. The van der Waals surface area contributed by atoms with E-state index in [1.807, 2.05) is 0 Å². The summed E-state index contributed by atoms with van der Waals surface area (Å²) in [6.45, 7) is 5.42. The van der Waals surface area contributed by atoms with E-state index in [0.29, 0.717) is 0 Å². The highest BCUT2D eigenvalue weighted by atomic mass is 32.1. The minimum Gasteiger partial charge on any atom is -0.444 e. The molecule has 0 unspecified atom stereocenters. The zero-order chi connectivity index (χ0) is 12.1. The Labute approximate surface area is 94.6 Å². The molecule has 0 aromatic carbocycles. The van der Waals surface area contributed by atoms with E-state index in [0.717, 1.165) is 0 Å². The van der Waals surface area contributed by atoms with E-state index < -0.39 is 22.9 Å². The number of nitrogens with one attached hydrogen (secondary N) is 1. The highest BCUT2D eigenvalue weighted by molar-refractivity contribution is 7.96. The lowest BCUT2D eigenvalue weighted by Gasteiger charge is -2.19. The van der Waals surface area contributed by atoms with Gasteiger partial charge in [0.1, 0.15) is 11.7 Å². The van der Waals surface area contributed by atoms with Crippen LogP contribution in [0.15, 0.2) is 0 Å². The fourth-order valence-corrected chi connectivity index (χ4v) is 0.878. The van der Waals surface area contributed by atoms with Crippen molar-refractivity contribution in [3.63, 3.8) is 0 Å². The molecule has 0 aromatic rings. The van der Waals surface area contributed by atoms with Gasteiger partial charge in [0.2, 0.25) is 5.12 Å². The molecule has 0 rings (SSSR count). The third kappa shape index (κ3) is 8.26. The maximum Gasteiger partial charge on any atom is 0.407 e. The van der Waals surface area contributed by atoms with Crippen LogP contribution >= 0.6 is 12.6 Å². The fourth-order valence-electron chi connectivity index (χ4n) is 0.749. The minimum atomic E-state index is -1.15. The van der Waals surface area contributed by atoms with E-state index in [4.69, 9.17) is 9.84 Å². The summed E-state index contributed by atoms with van der Waals surface area (Å²) in [4.78, 5) is 21.6. The number of hydrogen-bond donors (Lipinski definition) is 3. The Morgan fingerprint density at radius 3 is 2.40 bits per heavy atom. The quantitative estimate of drug-likeness (QED) is 0.628. The summed E-state index contributed by atoms with van der Waals surface area (Å²) < 4.78 is 4.94. The zero-order valence-corrected chi connectivity index (χ0v) is 10.0. The first-order chi connectivity index (χ1) is 6.72. The molecule has 0 saturated heterocycles. The van der Waals surface area contributed by atoms with Crippen LogP contribution in [0.5, 0.6) is 0 Å². The average molecular weight is 235 g/mol. The van der Waals surface area contributed by atoms with Crippen molar-refractivity contribution in [2.75, 3.05) is 6.54 Å². The van der Waals surface area contributed by atoms with Gasteiger partial charge in [-0.05, 0) is 27.2 Å². The maximum atomic E-state index is 11.1. The van der Waals surface area contributed by atoms with E-state index in [1.54, 1.807) is 20.8 Å². The molecular formula is C9H17NO4S. The molecule has 0 radical (unpaired) electrons. The van der Waals surface area contributed by atoms with Crippen LogP contribution in [-0.4, -0.2) is 34.6 Å². The highest BCUT2D eigenvalue weighted by Gasteiger charge is 2.16. The summed E-state index contributed by atoms with van der Waals surface area (Å²) in [5.74, 6) is 0. The van der Waals surface area contributed by atoms with Crippen LogP contribution in [0.2, 0.25) is 0 Å². The van der Waals surface area contributed by atoms with Gasteiger partial charge in [-0.2, -0.15) is 0 Å². The second-order valence-electron chi connectivity index (χ2n) is 4.07. The summed E-state index contributed by atoms with van der Waals surface area (Å²) in [6, 6.07) is 0. The third-order valence-electron chi connectivity index (χ3n) is 1.37. The normalized spacial score (nSPS) is 13.1. The van der Waals surface area contributed by atoms with Crippen LogP contribution in [0.1, 0.15) is 27.2 Å². The summed E-state index contributed by atoms with van der Waals surface area (Å²) >= 11 is 3.45. The highest BCUT2D eigenvalue weighted by Crippen LogP contribution is 2.06. The van der Waals surface area contributed by atoms with Crippen molar-refractivity contribution in [2.24, 2.45) is 0 Å². The lowest BCUT2D eigenvalue weighted by molar-refractivity contribution is -0.118. The van der Waals surface area contributed by atoms with Gasteiger partial charge in [0.05, 0.1) is 0 Å². The Balaban J connectivity index is 3.69. The van der Waals surface area contributed by atoms with E-state index in [-0.39, 0.29) is 13.0 Å². The van der Waals surface area contributed by atoms with Gasteiger partial charge in [-0.3, -0.25) is 4.79 Å². The minimum absolute atomic E-state index is 0.127. The van der Waals surface area contributed by atoms with E-state index in [9.17, 15) is 9.59 Å². The van der Waals surface area contributed by atoms with Gasteiger partial charge < -0.3 is 15.2 Å². The molecule has 0 aliphatic rings. The number of aliphatic hydroxyl groups excluding tert-OH is 1. The molecule has 0 aliphatic heterocycles. The Kier molecular flexibility index (Phi) is 5.67. The monoisotopic (exact) mass is 235 g/mol. The molecule has 0 aromatic heterocycles. The molecule has 1 amide bonds. The number of rotatable bonds is 4. The summed E-state index contributed by atoms with van der Waals surface area (Å²) in [6.07, 6.45) is -1.59. The largest absolute Gasteiger partial charge is 0.444 e. The van der Waals surface area contributed by atoms with Crippen LogP contribution in [0.3, 0.4) is 0 Å². The van der Waals surface area contributed by atoms with Gasteiger partial charge in [-0.25, -0.2) is 4.79 Å². The number of ether oxygens (including phenoxy) is 1. The van der Waals surface area contributed by atoms with Crippen LogP contribution in [0.4, 0.5) is 4.79 Å². The SMILES string of the molecule is CC(C)(C)OC(=O)NCC[C@H](O)C(=O)S. The van der Waals surface area contributed by atoms with Crippen molar-refractivity contribution in [3.8, 4) is 0 Å². The van der Waals surface area contributed by atoms with Crippen molar-refractivity contribution in [1.82, 2.24) is 5.32 Å². The lowest BCUT2D eigenvalue weighted by atomic mass is 10.2. The summed E-state index contributed by atoms with van der Waals surface area (Å²) in [5, 5.41) is 10.9. The molecule has 0 saturated carbocycles. The first kappa shape index (κ1) is 14.2. The van der Waals surface area contributed by atoms with Crippen LogP contribution in [0, 0.1) is 0 Å². The number of carbonyl (C=O) groups is 2. The van der Waals surface area contributed by atoms with E-state index in [2.05, 4.69) is 17.9 Å². The lowest BCUT2D eigenvalue weighted by Crippen LogP contribution is -2.34. The Morgan fingerprint density at radius 1 is 1.47 bits per heavy atom. The van der Waals surface area contributed by atoms with Crippen LogP contribution < -0.4 is 5.32 Å². The van der Waals surface area contributed by atoms with Crippen molar-refractivity contribution >= 4 is 23.8 Å². The average Bonchev–Trinajstić information content (AvgIpc) is 2.00. The van der Waals surface area contributed by atoms with Gasteiger partial charge in [-0.15, -0.1) is 12.6 Å². The van der Waals surface area contributed by atoms with Gasteiger partial charge in [0, 0.05) is 6.54 Å². The predicted molar refractivity (Wildman–Crippen MR) is 58.9 cm³/mol. The Hall–Kier alpha value is -0.750. The third-order valence-corrected chi connectivity index (χ3v) is 1.67. The molecule has 0 bridgehead atoms. The van der Waals surface area contributed by atoms with E-state index >= 15 is 0 Å². The van der Waals surface area contributed by atoms with Gasteiger partial charge >= 0.3 is 6.09 Å². The van der Waals surface area contributed by atoms with Crippen molar-refractivity contribution in [2.45, 2.75) is 38.9 Å². The first-order valence-electron chi connectivity index (χ1n) is 4.60. The molecule has 0 aliphatic carbocycles. The molecule has 0 fully saturated rings. The molecule has 2 N–H and O–H groups in total. The number of thiol groups is 1. The smallest absolute Gasteiger partial charge is 0.407 e. The molecule has 6 heteroatoms. The van der Waals surface area contributed by atoms with Gasteiger partial charge in [-0.1, -0.05) is 0 Å². The Bertz CT molecular complexity index is 237. The van der Waals surface area contributed by atoms with Crippen LogP contribution in [-0.2, 0) is 9.53 Å². The van der Waals surface area contributed by atoms with Crippen molar-refractivity contribution < 1.29 is 19.4 Å². The van der Waals surface area contributed by atoms with Crippen molar-refractivity contribution in [1.29, 1.82) is 0 Å². The van der Waals surface area contributed by atoms with Gasteiger partial charge in [0.15, 0.2) is 0 Å². The van der Waals surface area contributed by atoms with E-state index in [1.165, 1.54) is 0 Å². The topological polar surface area (TPSA) is 75.6 Å². The maximum absolute atomic E-state index is 11.1. The van der Waals surface area contributed by atoms with Crippen molar-refractivity contribution in [3.05, 3.63) is 0 Å².